The third-order valence-electron chi connectivity index (χ3n) is 4.06. The number of rotatable bonds is 2. The van der Waals surface area contributed by atoms with Crippen molar-refractivity contribution in [1.82, 2.24) is 0 Å². The molecule has 0 radical (unpaired) electrons. The first-order valence-electron chi connectivity index (χ1n) is 7.07. The Bertz CT molecular complexity index is 556. The first-order chi connectivity index (χ1) is 9.93. The summed E-state index contributed by atoms with van der Waals surface area (Å²) in [6, 6.07) is 5.67. The Balaban J connectivity index is 1.78. The fraction of sp³-hybridized carbons (Fsp3) is 0.533. The molecule has 0 aromatic heterocycles. The van der Waals surface area contributed by atoms with E-state index in [2.05, 4.69) is 4.99 Å². The lowest BCUT2D eigenvalue weighted by atomic mass is 9.90. The molecule has 1 heterocycles. The van der Waals surface area contributed by atoms with Crippen molar-refractivity contribution in [3.8, 4) is 0 Å². The van der Waals surface area contributed by atoms with Gasteiger partial charge in [-0.25, -0.2) is 4.99 Å². The molecule has 1 aromatic rings. The number of hydrogen-bond acceptors (Lipinski definition) is 3. The molecule has 3 nitrogen and oxygen atoms in total. The largest absolute Gasteiger partial charge is 0.475 e. The van der Waals surface area contributed by atoms with Crippen molar-refractivity contribution in [2.24, 2.45) is 10.7 Å². The van der Waals surface area contributed by atoms with E-state index in [1.54, 1.807) is 6.07 Å². The summed E-state index contributed by atoms with van der Waals surface area (Å²) in [6.07, 6.45) is -1.85. The summed E-state index contributed by atoms with van der Waals surface area (Å²) in [5, 5.41) is 0. The SMILES string of the molecule is NC1CCC2OC(Cc3ccccc3C(F)(F)F)=NC2C1. The quantitative estimate of drug-likeness (QED) is 0.912. The molecule has 1 aromatic carbocycles. The zero-order chi connectivity index (χ0) is 15.0. The first-order valence-corrected chi connectivity index (χ1v) is 7.07. The molecule has 2 aliphatic rings. The van der Waals surface area contributed by atoms with E-state index in [0.29, 0.717) is 5.90 Å². The zero-order valence-corrected chi connectivity index (χ0v) is 11.4. The minimum Gasteiger partial charge on any atom is -0.475 e. The number of fused-ring (bicyclic) bond motifs is 1. The molecule has 6 heteroatoms. The number of alkyl halides is 3. The lowest BCUT2D eigenvalue weighted by molar-refractivity contribution is -0.138. The molecule has 0 spiro atoms. The van der Waals surface area contributed by atoms with Crippen LogP contribution in [0, 0.1) is 0 Å². The van der Waals surface area contributed by atoms with Gasteiger partial charge in [0.2, 0.25) is 0 Å². The van der Waals surface area contributed by atoms with Crippen LogP contribution >= 0.6 is 0 Å². The highest BCUT2D eigenvalue weighted by Crippen LogP contribution is 2.34. The van der Waals surface area contributed by atoms with Crippen LogP contribution in [0.15, 0.2) is 29.3 Å². The van der Waals surface area contributed by atoms with Gasteiger partial charge in [0, 0.05) is 12.5 Å². The van der Waals surface area contributed by atoms with Gasteiger partial charge >= 0.3 is 6.18 Å². The fourth-order valence-corrected chi connectivity index (χ4v) is 3.02. The second kappa shape index (κ2) is 5.33. The van der Waals surface area contributed by atoms with Crippen molar-refractivity contribution in [1.29, 1.82) is 0 Å². The van der Waals surface area contributed by atoms with Gasteiger partial charge in [0.25, 0.3) is 0 Å². The Morgan fingerprint density at radius 3 is 2.76 bits per heavy atom. The Morgan fingerprint density at radius 1 is 1.24 bits per heavy atom. The van der Waals surface area contributed by atoms with Crippen LogP contribution in [0.1, 0.15) is 30.4 Å². The summed E-state index contributed by atoms with van der Waals surface area (Å²) in [7, 11) is 0. The van der Waals surface area contributed by atoms with E-state index >= 15 is 0 Å². The molecule has 0 saturated heterocycles. The van der Waals surface area contributed by atoms with Crippen LogP contribution in [0.25, 0.3) is 0 Å². The molecule has 0 bridgehead atoms. The number of nitrogens with zero attached hydrogens (tertiary/aromatic N) is 1. The topological polar surface area (TPSA) is 47.6 Å². The number of aliphatic imine (C=N–C) groups is 1. The molecule has 1 saturated carbocycles. The van der Waals surface area contributed by atoms with Crippen LogP contribution < -0.4 is 5.73 Å². The standard InChI is InChI=1S/C15H17F3N2O/c16-15(17,18)11-4-2-1-3-9(11)7-14-20-12-8-10(19)5-6-13(12)21-14/h1-4,10,12-13H,5-8,19H2. The van der Waals surface area contributed by atoms with Crippen molar-refractivity contribution in [2.45, 2.75) is 50.0 Å². The highest BCUT2D eigenvalue weighted by molar-refractivity contribution is 5.81. The van der Waals surface area contributed by atoms with E-state index in [1.807, 2.05) is 0 Å². The second-order valence-electron chi connectivity index (χ2n) is 5.65. The molecule has 3 unspecified atom stereocenters. The summed E-state index contributed by atoms with van der Waals surface area (Å²) in [6.45, 7) is 0. The fourth-order valence-electron chi connectivity index (χ4n) is 3.02. The third-order valence-corrected chi connectivity index (χ3v) is 4.06. The number of benzene rings is 1. The smallest absolute Gasteiger partial charge is 0.416 e. The van der Waals surface area contributed by atoms with Gasteiger partial charge in [-0.05, 0) is 30.9 Å². The van der Waals surface area contributed by atoms with Crippen LogP contribution in [0.4, 0.5) is 13.2 Å². The van der Waals surface area contributed by atoms with Crippen molar-refractivity contribution >= 4 is 5.90 Å². The summed E-state index contributed by atoms with van der Waals surface area (Å²) >= 11 is 0. The molecule has 21 heavy (non-hydrogen) atoms. The Labute approximate surface area is 121 Å². The minimum atomic E-state index is -4.36. The molecule has 114 valence electrons. The van der Waals surface area contributed by atoms with Crippen LogP contribution in [0.3, 0.4) is 0 Å². The molecular weight excluding hydrogens is 281 g/mol. The molecule has 1 fully saturated rings. The molecular formula is C15H17F3N2O. The summed E-state index contributed by atoms with van der Waals surface area (Å²) in [4.78, 5) is 4.43. The van der Waals surface area contributed by atoms with Gasteiger partial charge in [0.15, 0.2) is 5.90 Å². The summed E-state index contributed by atoms with van der Waals surface area (Å²) in [5.41, 5.74) is 5.47. The Morgan fingerprint density at radius 2 is 2.00 bits per heavy atom. The van der Waals surface area contributed by atoms with E-state index in [0.717, 1.165) is 25.3 Å². The Hall–Kier alpha value is -1.56. The molecule has 1 aliphatic carbocycles. The van der Waals surface area contributed by atoms with Crippen LogP contribution in [0.2, 0.25) is 0 Å². The van der Waals surface area contributed by atoms with E-state index in [9.17, 15) is 13.2 Å². The minimum absolute atomic E-state index is 0.00167. The van der Waals surface area contributed by atoms with Crippen LogP contribution in [-0.2, 0) is 17.3 Å². The lowest BCUT2D eigenvalue weighted by Gasteiger charge is -2.26. The highest BCUT2D eigenvalue weighted by atomic mass is 19.4. The monoisotopic (exact) mass is 298 g/mol. The third kappa shape index (κ3) is 3.05. The Kier molecular flexibility index (Phi) is 3.65. The van der Waals surface area contributed by atoms with Gasteiger partial charge in [-0.1, -0.05) is 18.2 Å². The number of nitrogens with two attached hydrogens (primary N) is 1. The number of hydrogen-bond donors (Lipinski definition) is 1. The predicted octanol–water partition coefficient (Wildman–Crippen LogP) is 2.93. The van der Waals surface area contributed by atoms with E-state index in [-0.39, 0.29) is 30.2 Å². The zero-order valence-electron chi connectivity index (χ0n) is 11.4. The molecule has 3 rings (SSSR count). The van der Waals surface area contributed by atoms with Crippen molar-refractivity contribution in [2.75, 3.05) is 0 Å². The van der Waals surface area contributed by atoms with E-state index in [4.69, 9.17) is 10.5 Å². The average molecular weight is 298 g/mol. The van der Waals surface area contributed by atoms with Crippen molar-refractivity contribution < 1.29 is 17.9 Å². The maximum absolute atomic E-state index is 13.0. The second-order valence-corrected chi connectivity index (χ2v) is 5.65. The maximum atomic E-state index is 13.0. The maximum Gasteiger partial charge on any atom is 0.416 e. The molecule has 3 atom stereocenters. The summed E-state index contributed by atoms with van der Waals surface area (Å²) in [5.74, 6) is 0.399. The average Bonchev–Trinajstić information content (AvgIpc) is 2.79. The van der Waals surface area contributed by atoms with Crippen molar-refractivity contribution in [3.63, 3.8) is 0 Å². The lowest BCUT2D eigenvalue weighted by Crippen LogP contribution is -2.37. The van der Waals surface area contributed by atoms with Gasteiger partial charge in [0.1, 0.15) is 6.10 Å². The molecule has 1 aliphatic heterocycles. The number of halogens is 3. The normalized spacial score (nSPS) is 28.8. The van der Waals surface area contributed by atoms with Crippen LogP contribution in [-0.4, -0.2) is 24.1 Å². The predicted molar refractivity (Wildman–Crippen MR) is 73.1 cm³/mol. The van der Waals surface area contributed by atoms with Gasteiger partial charge in [0.05, 0.1) is 11.6 Å². The van der Waals surface area contributed by atoms with E-state index in [1.165, 1.54) is 12.1 Å². The van der Waals surface area contributed by atoms with Gasteiger partial charge in [-0.3, -0.25) is 0 Å². The number of ether oxygens (including phenoxy) is 1. The summed E-state index contributed by atoms with van der Waals surface area (Å²) < 4.78 is 44.6. The van der Waals surface area contributed by atoms with Gasteiger partial charge < -0.3 is 10.5 Å². The van der Waals surface area contributed by atoms with Crippen LogP contribution in [0.5, 0.6) is 0 Å². The molecule has 0 amide bonds. The first kappa shape index (κ1) is 14.4. The van der Waals surface area contributed by atoms with Gasteiger partial charge in [-0.2, -0.15) is 13.2 Å². The molecule has 2 N–H and O–H groups in total. The van der Waals surface area contributed by atoms with Crippen molar-refractivity contribution in [3.05, 3.63) is 35.4 Å². The highest BCUT2D eigenvalue weighted by Gasteiger charge is 2.37. The van der Waals surface area contributed by atoms with Gasteiger partial charge in [-0.15, -0.1) is 0 Å². The van der Waals surface area contributed by atoms with E-state index < -0.39 is 11.7 Å².